The molecule has 2 aliphatic rings. The Bertz CT molecular complexity index is 201. The zero-order valence-corrected chi connectivity index (χ0v) is 8.04. The molecule has 1 aliphatic carbocycles. The molecular weight excluding hydrogens is 164 g/mol. The largest absolute Gasteiger partial charge is 0.341 e. The zero-order valence-electron chi connectivity index (χ0n) is 8.04. The molecule has 0 bridgehead atoms. The number of carbonyl (C=O) groups excluding carboxylic acids is 1. The Labute approximate surface area is 79.3 Å². The van der Waals surface area contributed by atoms with E-state index in [9.17, 15) is 4.79 Å². The summed E-state index contributed by atoms with van der Waals surface area (Å²) in [6.45, 7) is 1.90. The fourth-order valence-corrected chi connectivity index (χ4v) is 1.93. The lowest BCUT2D eigenvalue weighted by molar-refractivity contribution is -0.132. The maximum absolute atomic E-state index is 11.7. The van der Waals surface area contributed by atoms with E-state index < -0.39 is 0 Å². The average molecular weight is 182 g/mol. The SMILES string of the molecule is N[C@H]1CCCCN(CC2CC2)C1=O. The first-order valence-corrected chi connectivity index (χ1v) is 5.32. The monoisotopic (exact) mass is 182 g/mol. The summed E-state index contributed by atoms with van der Waals surface area (Å²) in [5, 5.41) is 0. The topological polar surface area (TPSA) is 46.3 Å². The third-order valence-corrected chi connectivity index (χ3v) is 3.00. The van der Waals surface area contributed by atoms with E-state index in [4.69, 9.17) is 5.73 Å². The number of nitrogens with zero attached hydrogens (tertiary/aromatic N) is 1. The van der Waals surface area contributed by atoms with Gasteiger partial charge in [0.2, 0.25) is 5.91 Å². The number of nitrogens with two attached hydrogens (primary N) is 1. The highest BCUT2D eigenvalue weighted by molar-refractivity contribution is 5.81. The van der Waals surface area contributed by atoms with Crippen molar-refractivity contribution in [1.29, 1.82) is 0 Å². The van der Waals surface area contributed by atoms with E-state index >= 15 is 0 Å². The number of hydrogen-bond donors (Lipinski definition) is 1. The number of rotatable bonds is 2. The predicted molar refractivity (Wildman–Crippen MR) is 51.1 cm³/mol. The summed E-state index contributed by atoms with van der Waals surface area (Å²) in [4.78, 5) is 13.7. The molecule has 74 valence electrons. The highest BCUT2D eigenvalue weighted by atomic mass is 16.2. The van der Waals surface area contributed by atoms with Gasteiger partial charge in [-0.25, -0.2) is 0 Å². The Kier molecular flexibility index (Phi) is 2.54. The van der Waals surface area contributed by atoms with Crippen molar-refractivity contribution >= 4 is 5.91 Å². The normalized spacial score (nSPS) is 30.4. The quantitative estimate of drug-likeness (QED) is 0.684. The minimum atomic E-state index is -0.221. The molecule has 1 saturated heterocycles. The third-order valence-electron chi connectivity index (χ3n) is 3.00. The van der Waals surface area contributed by atoms with E-state index in [1.165, 1.54) is 12.8 Å². The van der Waals surface area contributed by atoms with Crippen molar-refractivity contribution in [2.24, 2.45) is 11.7 Å². The highest BCUT2D eigenvalue weighted by Crippen LogP contribution is 2.30. The van der Waals surface area contributed by atoms with E-state index in [0.717, 1.165) is 38.3 Å². The standard InChI is InChI=1S/C10H18N2O/c11-9-3-1-2-6-12(10(9)13)7-8-4-5-8/h8-9H,1-7,11H2/t9-/m0/s1. The van der Waals surface area contributed by atoms with E-state index in [1.807, 2.05) is 4.90 Å². The van der Waals surface area contributed by atoms with Gasteiger partial charge in [-0.15, -0.1) is 0 Å². The fraction of sp³-hybridized carbons (Fsp3) is 0.900. The molecule has 0 aromatic rings. The summed E-state index contributed by atoms with van der Waals surface area (Å²) in [5.74, 6) is 0.971. The molecule has 3 heteroatoms. The Morgan fingerprint density at radius 3 is 2.77 bits per heavy atom. The van der Waals surface area contributed by atoms with Crippen LogP contribution in [0.5, 0.6) is 0 Å². The second kappa shape index (κ2) is 3.66. The van der Waals surface area contributed by atoms with E-state index in [1.54, 1.807) is 0 Å². The first-order valence-electron chi connectivity index (χ1n) is 5.32. The molecule has 0 aromatic carbocycles. The highest BCUT2D eigenvalue weighted by Gasteiger charge is 2.29. The second-order valence-corrected chi connectivity index (χ2v) is 4.33. The number of amides is 1. The molecule has 1 heterocycles. The van der Waals surface area contributed by atoms with Crippen LogP contribution in [0.4, 0.5) is 0 Å². The van der Waals surface area contributed by atoms with Gasteiger partial charge < -0.3 is 10.6 Å². The molecule has 2 rings (SSSR count). The number of hydrogen-bond acceptors (Lipinski definition) is 2. The molecule has 1 saturated carbocycles. The Hall–Kier alpha value is -0.570. The van der Waals surface area contributed by atoms with Crippen LogP contribution in [0.25, 0.3) is 0 Å². The van der Waals surface area contributed by atoms with Gasteiger partial charge in [0.1, 0.15) is 0 Å². The number of carbonyl (C=O) groups is 1. The van der Waals surface area contributed by atoms with Crippen LogP contribution < -0.4 is 5.73 Å². The van der Waals surface area contributed by atoms with Gasteiger partial charge in [0, 0.05) is 13.1 Å². The van der Waals surface area contributed by atoms with Crippen LogP contribution in [0.15, 0.2) is 0 Å². The lowest BCUT2D eigenvalue weighted by Gasteiger charge is -2.22. The average Bonchev–Trinajstić information content (AvgIpc) is 2.91. The van der Waals surface area contributed by atoms with Crippen LogP contribution >= 0.6 is 0 Å². The molecule has 0 radical (unpaired) electrons. The van der Waals surface area contributed by atoms with Gasteiger partial charge in [-0.3, -0.25) is 4.79 Å². The van der Waals surface area contributed by atoms with Gasteiger partial charge in [-0.1, -0.05) is 0 Å². The first-order chi connectivity index (χ1) is 6.27. The van der Waals surface area contributed by atoms with E-state index in [0.29, 0.717) is 0 Å². The molecule has 0 spiro atoms. The molecule has 1 amide bonds. The molecule has 2 fully saturated rings. The molecule has 3 nitrogen and oxygen atoms in total. The van der Waals surface area contributed by atoms with E-state index in [2.05, 4.69) is 0 Å². The zero-order chi connectivity index (χ0) is 9.26. The van der Waals surface area contributed by atoms with Crippen molar-refractivity contribution in [2.45, 2.75) is 38.1 Å². The van der Waals surface area contributed by atoms with Crippen LogP contribution in [-0.2, 0) is 4.79 Å². The first kappa shape index (κ1) is 9.00. The van der Waals surface area contributed by atoms with Crippen LogP contribution in [0.2, 0.25) is 0 Å². The predicted octanol–water partition coefficient (Wildman–Crippen LogP) is 0.736. The van der Waals surface area contributed by atoms with Crippen LogP contribution in [0.3, 0.4) is 0 Å². The molecule has 2 N–H and O–H groups in total. The lowest BCUT2D eigenvalue weighted by atomic mass is 10.1. The molecule has 13 heavy (non-hydrogen) atoms. The summed E-state index contributed by atoms with van der Waals surface area (Å²) in [6, 6.07) is -0.221. The van der Waals surface area contributed by atoms with Gasteiger partial charge >= 0.3 is 0 Å². The van der Waals surface area contributed by atoms with E-state index in [-0.39, 0.29) is 11.9 Å². The minimum absolute atomic E-state index is 0.185. The smallest absolute Gasteiger partial charge is 0.239 e. The van der Waals surface area contributed by atoms with Crippen molar-refractivity contribution < 1.29 is 4.79 Å². The van der Waals surface area contributed by atoms with Crippen LogP contribution in [-0.4, -0.2) is 29.9 Å². The Balaban J connectivity index is 1.92. The molecule has 1 aliphatic heterocycles. The summed E-state index contributed by atoms with van der Waals surface area (Å²) in [5.41, 5.74) is 5.77. The van der Waals surface area contributed by atoms with Crippen molar-refractivity contribution in [3.05, 3.63) is 0 Å². The van der Waals surface area contributed by atoms with Crippen LogP contribution in [0, 0.1) is 5.92 Å². The summed E-state index contributed by atoms with van der Waals surface area (Å²) >= 11 is 0. The maximum Gasteiger partial charge on any atom is 0.239 e. The number of likely N-dealkylation sites (tertiary alicyclic amines) is 1. The summed E-state index contributed by atoms with van der Waals surface area (Å²) in [6.07, 6.45) is 5.72. The summed E-state index contributed by atoms with van der Waals surface area (Å²) in [7, 11) is 0. The minimum Gasteiger partial charge on any atom is -0.341 e. The van der Waals surface area contributed by atoms with Crippen molar-refractivity contribution in [3.63, 3.8) is 0 Å². The van der Waals surface area contributed by atoms with Gasteiger partial charge in [-0.05, 0) is 38.0 Å². The Morgan fingerprint density at radius 2 is 2.08 bits per heavy atom. The van der Waals surface area contributed by atoms with Crippen molar-refractivity contribution in [1.82, 2.24) is 4.90 Å². The van der Waals surface area contributed by atoms with Gasteiger partial charge in [0.05, 0.1) is 6.04 Å². The van der Waals surface area contributed by atoms with Gasteiger partial charge in [-0.2, -0.15) is 0 Å². The third kappa shape index (κ3) is 2.21. The summed E-state index contributed by atoms with van der Waals surface area (Å²) < 4.78 is 0. The lowest BCUT2D eigenvalue weighted by Crippen LogP contribution is -2.43. The molecule has 1 atom stereocenters. The second-order valence-electron chi connectivity index (χ2n) is 4.33. The Morgan fingerprint density at radius 1 is 1.31 bits per heavy atom. The molecule has 0 unspecified atom stereocenters. The van der Waals surface area contributed by atoms with Crippen molar-refractivity contribution in [3.8, 4) is 0 Å². The van der Waals surface area contributed by atoms with Gasteiger partial charge in [0.15, 0.2) is 0 Å². The fourth-order valence-electron chi connectivity index (χ4n) is 1.93. The van der Waals surface area contributed by atoms with Gasteiger partial charge in [0.25, 0.3) is 0 Å². The molecule has 0 aromatic heterocycles. The maximum atomic E-state index is 11.7. The van der Waals surface area contributed by atoms with Crippen LogP contribution in [0.1, 0.15) is 32.1 Å². The van der Waals surface area contributed by atoms with Crippen molar-refractivity contribution in [2.75, 3.05) is 13.1 Å². The molecular formula is C10H18N2O.